The normalized spacial score (nSPS) is 10.3. The summed E-state index contributed by atoms with van der Waals surface area (Å²) in [4.78, 5) is 12.2. The average Bonchev–Trinajstić information content (AvgIpc) is 2.34. The van der Waals surface area contributed by atoms with E-state index in [9.17, 15) is 15.2 Å². The average molecular weight is 261 g/mol. The van der Waals surface area contributed by atoms with Crippen LogP contribution in [0.25, 0.3) is 0 Å². The Balaban J connectivity index is 2.24. The van der Waals surface area contributed by atoms with Crippen LogP contribution in [0.1, 0.15) is 5.56 Å². The van der Waals surface area contributed by atoms with E-state index < -0.39 is 4.92 Å². The monoisotopic (exact) mass is 261 g/mol. The number of rotatable bonds is 3. The fraction of sp³-hybridized carbons (Fsp3) is 0.0769. The van der Waals surface area contributed by atoms with Crippen molar-refractivity contribution >= 4 is 17.4 Å². The van der Waals surface area contributed by atoms with Crippen LogP contribution < -0.4 is 0 Å². The van der Waals surface area contributed by atoms with Crippen molar-refractivity contribution in [3.05, 3.63) is 58.1 Å². The Bertz CT molecular complexity index is 581. The Hall–Kier alpha value is -2.01. The molecule has 0 bridgehead atoms. The lowest BCUT2D eigenvalue weighted by atomic mass is 10.2. The maximum Gasteiger partial charge on any atom is 0.269 e. The maximum atomic E-state index is 10.6. The smallest absolute Gasteiger partial charge is 0.269 e. The molecule has 0 aromatic heterocycles. The van der Waals surface area contributed by atoms with Crippen LogP contribution in [0.4, 0.5) is 5.69 Å². The summed E-state index contributed by atoms with van der Waals surface area (Å²) in [6, 6.07) is 11.6. The van der Waals surface area contributed by atoms with Gasteiger partial charge in [0.15, 0.2) is 0 Å². The Morgan fingerprint density at radius 1 is 1.17 bits per heavy atom. The van der Waals surface area contributed by atoms with Crippen LogP contribution in [0.3, 0.4) is 0 Å². The SMILES string of the molecule is Cc1cc([N+](=O)[O-])ccc1Sc1ccc(O)cc1. The summed E-state index contributed by atoms with van der Waals surface area (Å²) >= 11 is 1.51. The molecule has 5 heteroatoms. The van der Waals surface area contributed by atoms with E-state index in [4.69, 9.17) is 0 Å². The van der Waals surface area contributed by atoms with Crippen LogP contribution in [0, 0.1) is 17.0 Å². The van der Waals surface area contributed by atoms with Gasteiger partial charge < -0.3 is 5.11 Å². The topological polar surface area (TPSA) is 63.4 Å². The lowest BCUT2D eigenvalue weighted by Crippen LogP contribution is -1.89. The molecule has 0 heterocycles. The summed E-state index contributed by atoms with van der Waals surface area (Å²) in [5.41, 5.74) is 0.963. The zero-order chi connectivity index (χ0) is 13.1. The first-order valence-corrected chi connectivity index (χ1v) is 6.10. The third-order valence-corrected chi connectivity index (χ3v) is 3.62. The van der Waals surface area contributed by atoms with Gasteiger partial charge >= 0.3 is 0 Å². The van der Waals surface area contributed by atoms with Crippen molar-refractivity contribution in [3.8, 4) is 5.75 Å². The molecule has 0 amide bonds. The van der Waals surface area contributed by atoms with E-state index in [1.807, 2.05) is 6.92 Å². The van der Waals surface area contributed by atoms with Gasteiger partial charge in [0.05, 0.1) is 4.92 Å². The molecular formula is C13H11NO3S. The van der Waals surface area contributed by atoms with Crippen LogP contribution in [0.15, 0.2) is 52.3 Å². The molecule has 0 unspecified atom stereocenters. The van der Waals surface area contributed by atoms with Crippen LogP contribution in [-0.4, -0.2) is 10.0 Å². The Morgan fingerprint density at radius 3 is 2.39 bits per heavy atom. The van der Waals surface area contributed by atoms with Crippen LogP contribution in [0.2, 0.25) is 0 Å². The van der Waals surface area contributed by atoms with E-state index >= 15 is 0 Å². The molecule has 92 valence electrons. The molecule has 2 aromatic rings. The second kappa shape index (κ2) is 5.10. The summed E-state index contributed by atoms with van der Waals surface area (Å²) < 4.78 is 0. The molecule has 0 saturated carbocycles. The lowest BCUT2D eigenvalue weighted by Gasteiger charge is -2.05. The molecule has 0 atom stereocenters. The number of hydrogen-bond acceptors (Lipinski definition) is 4. The van der Waals surface area contributed by atoms with E-state index in [-0.39, 0.29) is 11.4 Å². The molecule has 0 aliphatic rings. The highest BCUT2D eigenvalue weighted by atomic mass is 32.2. The van der Waals surface area contributed by atoms with Crippen LogP contribution >= 0.6 is 11.8 Å². The van der Waals surface area contributed by atoms with Gasteiger partial charge in [0.1, 0.15) is 5.75 Å². The van der Waals surface area contributed by atoms with Crippen molar-refractivity contribution in [1.82, 2.24) is 0 Å². The van der Waals surface area contributed by atoms with Gasteiger partial charge in [-0.2, -0.15) is 0 Å². The second-order valence-electron chi connectivity index (χ2n) is 3.80. The summed E-state index contributed by atoms with van der Waals surface area (Å²) in [6.45, 7) is 1.84. The number of aromatic hydroxyl groups is 1. The van der Waals surface area contributed by atoms with E-state index in [0.717, 1.165) is 15.4 Å². The third kappa shape index (κ3) is 2.81. The molecule has 2 rings (SSSR count). The highest BCUT2D eigenvalue weighted by molar-refractivity contribution is 7.99. The van der Waals surface area contributed by atoms with Gasteiger partial charge in [-0.3, -0.25) is 10.1 Å². The number of phenols is 1. The Kier molecular flexibility index (Phi) is 3.53. The van der Waals surface area contributed by atoms with Crippen molar-refractivity contribution in [2.24, 2.45) is 0 Å². The van der Waals surface area contributed by atoms with Crippen molar-refractivity contribution in [3.63, 3.8) is 0 Å². The van der Waals surface area contributed by atoms with E-state index in [1.165, 1.54) is 17.8 Å². The van der Waals surface area contributed by atoms with Crippen molar-refractivity contribution in [2.45, 2.75) is 16.7 Å². The minimum absolute atomic E-state index is 0.0996. The molecule has 0 radical (unpaired) electrons. The highest BCUT2D eigenvalue weighted by Crippen LogP contribution is 2.32. The van der Waals surface area contributed by atoms with Gasteiger partial charge in [-0.05, 0) is 42.8 Å². The van der Waals surface area contributed by atoms with Gasteiger partial charge in [0.25, 0.3) is 5.69 Å². The minimum Gasteiger partial charge on any atom is -0.508 e. The van der Waals surface area contributed by atoms with E-state index in [0.29, 0.717) is 0 Å². The summed E-state index contributed by atoms with van der Waals surface area (Å²) in [5.74, 6) is 0.222. The number of nitrogens with zero attached hydrogens (tertiary/aromatic N) is 1. The highest BCUT2D eigenvalue weighted by Gasteiger charge is 2.08. The zero-order valence-electron chi connectivity index (χ0n) is 9.66. The molecule has 0 saturated heterocycles. The molecule has 0 aliphatic heterocycles. The number of nitro groups is 1. The molecule has 0 aliphatic carbocycles. The molecule has 2 aromatic carbocycles. The predicted molar refractivity (Wildman–Crippen MR) is 70.1 cm³/mol. The number of benzene rings is 2. The van der Waals surface area contributed by atoms with Gasteiger partial charge in [0.2, 0.25) is 0 Å². The quantitative estimate of drug-likeness (QED) is 0.675. The lowest BCUT2D eigenvalue weighted by molar-refractivity contribution is -0.385. The second-order valence-corrected chi connectivity index (χ2v) is 4.92. The number of non-ortho nitro benzene ring substituents is 1. The zero-order valence-corrected chi connectivity index (χ0v) is 10.5. The standard InChI is InChI=1S/C13H11NO3S/c1-9-8-10(14(16)17)2-7-13(9)18-12-5-3-11(15)4-6-12/h2-8,15H,1H3. The van der Waals surface area contributed by atoms with Gasteiger partial charge in [-0.1, -0.05) is 11.8 Å². The molecular weight excluding hydrogens is 250 g/mol. The van der Waals surface area contributed by atoms with Crippen LogP contribution in [0.5, 0.6) is 5.75 Å². The molecule has 1 N–H and O–H groups in total. The summed E-state index contributed by atoms with van der Waals surface area (Å²) in [5, 5.41) is 19.8. The number of hydrogen-bond donors (Lipinski definition) is 1. The maximum absolute atomic E-state index is 10.6. The predicted octanol–water partition coefficient (Wildman–Crippen LogP) is 3.76. The van der Waals surface area contributed by atoms with Crippen molar-refractivity contribution in [2.75, 3.05) is 0 Å². The fourth-order valence-corrected chi connectivity index (χ4v) is 2.38. The first-order chi connectivity index (χ1) is 8.56. The Morgan fingerprint density at radius 2 is 1.83 bits per heavy atom. The third-order valence-electron chi connectivity index (χ3n) is 2.43. The van der Waals surface area contributed by atoms with E-state index in [1.54, 1.807) is 36.4 Å². The molecule has 4 nitrogen and oxygen atoms in total. The molecule has 0 fully saturated rings. The van der Waals surface area contributed by atoms with Gasteiger partial charge in [-0.15, -0.1) is 0 Å². The van der Waals surface area contributed by atoms with Gasteiger partial charge in [-0.25, -0.2) is 0 Å². The Labute approximate surface area is 108 Å². The number of nitro benzene ring substituents is 1. The molecule has 0 spiro atoms. The first kappa shape index (κ1) is 12.4. The van der Waals surface area contributed by atoms with Crippen LogP contribution in [-0.2, 0) is 0 Å². The van der Waals surface area contributed by atoms with E-state index in [2.05, 4.69) is 0 Å². The summed E-state index contributed by atoms with van der Waals surface area (Å²) in [7, 11) is 0. The summed E-state index contributed by atoms with van der Waals surface area (Å²) in [6.07, 6.45) is 0. The van der Waals surface area contributed by atoms with Gasteiger partial charge in [0, 0.05) is 21.9 Å². The molecule has 18 heavy (non-hydrogen) atoms. The fourth-order valence-electron chi connectivity index (χ4n) is 1.50. The largest absolute Gasteiger partial charge is 0.508 e. The minimum atomic E-state index is -0.401. The first-order valence-electron chi connectivity index (χ1n) is 5.28. The van der Waals surface area contributed by atoms with Crippen molar-refractivity contribution in [1.29, 1.82) is 0 Å². The van der Waals surface area contributed by atoms with Crippen molar-refractivity contribution < 1.29 is 10.0 Å². The number of aryl methyl sites for hydroxylation is 1. The number of phenolic OH excluding ortho intramolecular Hbond substituents is 1.